The summed E-state index contributed by atoms with van der Waals surface area (Å²) < 4.78 is 0.849. The maximum atomic E-state index is 12.2. The number of benzene rings is 1. The summed E-state index contributed by atoms with van der Waals surface area (Å²) in [6.07, 6.45) is 4.47. The zero-order valence-corrected chi connectivity index (χ0v) is 13.5. The minimum atomic E-state index is -0.537. The normalized spacial score (nSPS) is 17.6. The van der Waals surface area contributed by atoms with Crippen LogP contribution < -0.4 is 0 Å². The van der Waals surface area contributed by atoms with Crippen molar-refractivity contribution in [1.82, 2.24) is 4.90 Å². The van der Waals surface area contributed by atoms with E-state index in [4.69, 9.17) is 0 Å². The Bertz CT molecular complexity index is 469. The summed E-state index contributed by atoms with van der Waals surface area (Å²) in [7, 11) is 1.98. The molecular weight excluding hydrogens is 318 g/mol. The van der Waals surface area contributed by atoms with Crippen molar-refractivity contribution in [2.45, 2.75) is 37.7 Å². The summed E-state index contributed by atoms with van der Waals surface area (Å²) in [6, 6.07) is 7.51. The predicted molar refractivity (Wildman–Crippen MR) is 84.0 cm³/mol. The lowest BCUT2D eigenvalue weighted by Crippen LogP contribution is -2.39. The molecule has 0 heterocycles. The Morgan fingerprint density at radius 2 is 2.00 bits per heavy atom. The van der Waals surface area contributed by atoms with Crippen molar-refractivity contribution >= 4 is 21.7 Å². The Morgan fingerprint density at radius 3 is 2.65 bits per heavy atom. The van der Waals surface area contributed by atoms with Gasteiger partial charge in [0.1, 0.15) is 0 Å². The molecule has 4 heteroatoms. The second kappa shape index (κ2) is 6.83. The van der Waals surface area contributed by atoms with Crippen LogP contribution in [-0.2, 0) is 0 Å². The fourth-order valence-electron chi connectivity index (χ4n) is 2.89. The van der Waals surface area contributed by atoms with E-state index in [9.17, 15) is 9.90 Å². The van der Waals surface area contributed by atoms with Gasteiger partial charge in [-0.3, -0.25) is 4.79 Å². The monoisotopic (exact) mass is 339 g/mol. The van der Waals surface area contributed by atoms with Crippen molar-refractivity contribution < 1.29 is 9.90 Å². The van der Waals surface area contributed by atoms with Gasteiger partial charge in [-0.2, -0.15) is 0 Å². The summed E-state index contributed by atoms with van der Waals surface area (Å²) in [4.78, 5) is 14.2. The number of likely N-dealkylation sites (N-methyl/N-ethyl adjacent to an activating group) is 1. The molecule has 1 fully saturated rings. The van der Waals surface area contributed by atoms with Crippen molar-refractivity contribution in [1.29, 1.82) is 0 Å². The maximum Gasteiger partial charge on any atom is 0.165 e. The molecule has 1 aromatic rings. The number of nitrogens with zero attached hydrogens (tertiary/aromatic N) is 1. The molecule has 1 aromatic carbocycles. The lowest BCUT2D eigenvalue weighted by molar-refractivity contribution is 0.0162. The van der Waals surface area contributed by atoms with Crippen LogP contribution >= 0.6 is 15.9 Å². The first-order chi connectivity index (χ1) is 9.50. The van der Waals surface area contributed by atoms with Crippen LogP contribution in [-0.4, -0.2) is 41.5 Å². The number of halogens is 1. The van der Waals surface area contributed by atoms with Gasteiger partial charge in [0.25, 0.3) is 0 Å². The van der Waals surface area contributed by atoms with E-state index >= 15 is 0 Å². The summed E-state index contributed by atoms with van der Waals surface area (Å²) >= 11 is 3.41. The summed E-state index contributed by atoms with van der Waals surface area (Å²) in [5.74, 6) is 0.141. The zero-order chi connectivity index (χ0) is 14.6. The number of aliphatic hydroxyl groups is 1. The van der Waals surface area contributed by atoms with E-state index < -0.39 is 5.60 Å². The highest BCUT2D eigenvalue weighted by Gasteiger charge is 2.32. The molecule has 1 aliphatic carbocycles. The number of carbonyl (C=O) groups is 1. The Labute approximate surface area is 129 Å². The van der Waals surface area contributed by atoms with Crippen molar-refractivity contribution in [3.8, 4) is 0 Å². The molecule has 0 radical (unpaired) electrons. The number of hydrogen-bond donors (Lipinski definition) is 1. The lowest BCUT2D eigenvalue weighted by Gasteiger charge is -2.28. The molecule has 0 saturated heterocycles. The largest absolute Gasteiger partial charge is 0.389 e. The van der Waals surface area contributed by atoms with E-state index in [2.05, 4.69) is 20.8 Å². The quantitative estimate of drug-likeness (QED) is 0.808. The van der Waals surface area contributed by atoms with Gasteiger partial charge in [-0.05, 0) is 26.0 Å². The number of carbonyl (C=O) groups excluding carboxylic acids is 1. The van der Waals surface area contributed by atoms with Gasteiger partial charge in [0.2, 0.25) is 0 Å². The topological polar surface area (TPSA) is 40.5 Å². The molecule has 2 rings (SSSR count). The van der Waals surface area contributed by atoms with Gasteiger partial charge in [0, 0.05) is 29.5 Å². The number of rotatable bonds is 6. The van der Waals surface area contributed by atoms with Crippen LogP contribution in [0.4, 0.5) is 0 Å². The third-order valence-electron chi connectivity index (χ3n) is 3.99. The van der Waals surface area contributed by atoms with Crippen LogP contribution in [0.15, 0.2) is 28.7 Å². The van der Waals surface area contributed by atoms with Crippen LogP contribution in [0.1, 0.15) is 42.5 Å². The molecule has 1 N–H and O–H groups in total. The second-order valence-corrected chi connectivity index (χ2v) is 6.68. The minimum Gasteiger partial charge on any atom is -0.389 e. The van der Waals surface area contributed by atoms with E-state index in [-0.39, 0.29) is 5.78 Å². The van der Waals surface area contributed by atoms with Crippen LogP contribution in [0.5, 0.6) is 0 Å². The molecule has 0 spiro atoms. The number of Topliss-reactive ketones (excluding diaryl/α,β-unsaturated/α-hetero) is 1. The maximum absolute atomic E-state index is 12.2. The van der Waals surface area contributed by atoms with Crippen LogP contribution in [0, 0.1) is 0 Å². The van der Waals surface area contributed by atoms with Gasteiger partial charge in [-0.25, -0.2) is 0 Å². The minimum absolute atomic E-state index is 0.141. The fourth-order valence-corrected chi connectivity index (χ4v) is 3.39. The first kappa shape index (κ1) is 15.7. The highest BCUT2D eigenvalue weighted by atomic mass is 79.9. The number of hydrogen-bond acceptors (Lipinski definition) is 3. The first-order valence-corrected chi connectivity index (χ1v) is 7.98. The zero-order valence-electron chi connectivity index (χ0n) is 11.9. The summed E-state index contributed by atoms with van der Waals surface area (Å²) in [5.41, 5.74) is 0.200. The van der Waals surface area contributed by atoms with Crippen LogP contribution in [0.2, 0.25) is 0 Å². The van der Waals surface area contributed by atoms with E-state index in [1.807, 2.05) is 31.3 Å². The molecule has 110 valence electrons. The molecule has 0 aromatic heterocycles. The molecule has 0 bridgehead atoms. The molecule has 1 aliphatic rings. The molecule has 3 nitrogen and oxygen atoms in total. The highest BCUT2D eigenvalue weighted by molar-refractivity contribution is 9.10. The van der Waals surface area contributed by atoms with Gasteiger partial charge >= 0.3 is 0 Å². The molecule has 0 atom stereocenters. The van der Waals surface area contributed by atoms with E-state index in [0.717, 1.165) is 35.7 Å². The van der Waals surface area contributed by atoms with Crippen molar-refractivity contribution in [3.05, 3.63) is 34.3 Å². The Balaban J connectivity index is 1.83. The molecule has 1 saturated carbocycles. The SMILES string of the molecule is CN(CCC(=O)c1ccccc1Br)CC1(O)CCCC1. The third-order valence-corrected chi connectivity index (χ3v) is 4.68. The average Bonchev–Trinajstić information content (AvgIpc) is 2.83. The van der Waals surface area contributed by atoms with Crippen LogP contribution in [0.3, 0.4) is 0 Å². The molecule has 0 amide bonds. The molecule has 0 aliphatic heterocycles. The van der Waals surface area contributed by atoms with E-state index in [0.29, 0.717) is 19.5 Å². The highest BCUT2D eigenvalue weighted by Crippen LogP contribution is 2.30. The van der Waals surface area contributed by atoms with E-state index in [1.54, 1.807) is 0 Å². The van der Waals surface area contributed by atoms with Gasteiger partial charge < -0.3 is 10.0 Å². The number of ketones is 1. The first-order valence-electron chi connectivity index (χ1n) is 7.19. The summed E-state index contributed by atoms with van der Waals surface area (Å²) in [5, 5.41) is 10.4. The van der Waals surface area contributed by atoms with Crippen molar-refractivity contribution in [2.24, 2.45) is 0 Å². The Kier molecular flexibility index (Phi) is 5.35. The molecule has 20 heavy (non-hydrogen) atoms. The average molecular weight is 340 g/mol. The standard InChI is InChI=1S/C16H22BrNO2/c1-18(12-16(20)9-4-5-10-16)11-8-15(19)13-6-2-3-7-14(13)17/h2-3,6-7,20H,4-5,8-12H2,1H3. The third kappa shape index (κ3) is 4.14. The van der Waals surface area contributed by atoms with Crippen molar-refractivity contribution in [3.63, 3.8) is 0 Å². The molecule has 0 unspecified atom stereocenters. The van der Waals surface area contributed by atoms with Gasteiger partial charge in [0.05, 0.1) is 5.60 Å². The Morgan fingerprint density at radius 1 is 1.35 bits per heavy atom. The van der Waals surface area contributed by atoms with Gasteiger partial charge in [-0.1, -0.05) is 47.0 Å². The summed E-state index contributed by atoms with van der Waals surface area (Å²) in [6.45, 7) is 1.35. The van der Waals surface area contributed by atoms with Crippen LogP contribution in [0.25, 0.3) is 0 Å². The predicted octanol–water partition coefficient (Wildman–Crippen LogP) is 3.26. The second-order valence-electron chi connectivity index (χ2n) is 5.82. The van der Waals surface area contributed by atoms with Crippen molar-refractivity contribution in [2.75, 3.05) is 20.1 Å². The van der Waals surface area contributed by atoms with E-state index in [1.165, 1.54) is 0 Å². The lowest BCUT2D eigenvalue weighted by atomic mass is 10.0. The smallest absolute Gasteiger partial charge is 0.165 e. The van der Waals surface area contributed by atoms with Gasteiger partial charge in [-0.15, -0.1) is 0 Å². The molecular formula is C16H22BrNO2. The van der Waals surface area contributed by atoms with Gasteiger partial charge in [0.15, 0.2) is 5.78 Å². The Hall–Kier alpha value is -0.710. The fraction of sp³-hybridized carbons (Fsp3) is 0.562.